The number of carbonyl (C=O) groups is 2. The van der Waals surface area contributed by atoms with Gasteiger partial charge in [0.25, 0.3) is 0 Å². The maximum absolute atomic E-state index is 13.3. The summed E-state index contributed by atoms with van der Waals surface area (Å²) in [6.07, 6.45) is 3.97. The summed E-state index contributed by atoms with van der Waals surface area (Å²) in [5.74, 6) is -1.73. The fourth-order valence-corrected chi connectivity index (χ4v) is 3.14. The highest BCUT2D eigenvalue weighted by Gasteiger charge is 2.33. The average Bonchev–Trinajstić information content (AvgIpc) is 2.75. The van der Waals surface area contributed by atoms with E-state index in [-0.39, 0.29) is 10.6 Å². The first-order chi connectivity index (χ1) is 14.1. The van der Waals surface area contributed by atoms with Crippen LogP contribution in [-0.2, 0) is 14.1 Å². The third-order valence-corrected chi connectivity index (χ3v) is 4.63. The van der Waals surface area contributed by atoms with Crippen molar-refractivity contribution >= 4 is 32.5 Å². The lowest BCUT2D eigenvalue weighted by Crippen LogP contribution is -2.25. The Labute approximate surface area is 179 Å². The Balaban J connectivity index is 0.00000204. The number of ketones is 1. The van der Waals surface area contributed by atoms with Crippen molar-refractivity contribution in [2.45, 2.75) is 38.5 Å². The van der Waals surface area contributed by atoms with Crippen LogP contribution >= 0.6 is 20.7 Å². The Bertz CT molecular complexity index is 782. The number of Topliss-reactive ketones (excluding diaryl/α,β-unsaturated/α-hetero) is 1. The summed E-state index contributed by atoms with van der Waals surface area (Å²) >= 11 is 6.25. The molecule has 0 saturated heterocycles. The van der Waals surface area contributed by atoms with Crippen LogP contribution in [0.15, 0.2) is 48.5 Å². The third kappa shape index (κ3) is 7.26. The number of carbonyl (C=O) groups excluding carboxylic acids is 2. The molecule has 0 bridgehead atoms. The van der Waals surface area contributed by atoms with Gasteiger partial charge in [-0.15, -0.1) is 0 Å². The smallest absolute Gasteiger partial charge is 0.321 e. The number of unbranched alkanes of at least 4 members (excludes halogenated alkanes) is 3. The van der Waals surface area contributed by atoms with Crippen molar-refractivity contribution in [3.8, 4) is 5.75 Å². The van der Waals surface area contributed by atoms with Gasteiger partial charge >= 0.3 is 15.1 Å². The SMILES string of the molecule is CCCCCCOC(=O)C(C(=O)c1c(Cl)cccc1OC)c1ccccc1.O=[PH2+]. The van der Waals surface area contributed by atoms with Crippen LogP contribution in [0.1, 0.15) is 54.4 Å². The molecule has 0 amide bonds. The van der Waals surface area contributed by atoms with E-state index < -0.39 is 17.7 Å². The third-order valence-electron chi connectivity index (χ3n) is 4.31. The zero-order chi connectivity index (χ0) is 21.6. The molecule has 7 heteroatoms. The molecule has 2 aromatic carbocycles. The minimum Gasteiger partial charge on any atom is -0.496 e. The molecular formula is C22H27ClO5P+. The van der Waals surface area contributed by atoms with E-state index in [9.17, 15) is 9.59 Å². The first kappa shape index (κ1) is 24.8. The van der Waals surface area contributed by atoms with Crippen LogP contribution in [0.2, 0.25) is 5.02 Å². The molecule has 0 saturated carbocycles. The van der Waals surface area contributed by atoms with Gasteiger partial charge in [-0.3, -0.25) is 9.59 Å². The van der Waals surface area contributed by atoms with Crippen LogP contribution in [0.4, 0.5) is 0 Å². The van der Waals surface area contributed by atoms with Crippen molar-refractivity contribution in [3.05, 3.63) is 64.7 Å². The molecule has 0 fully saturated rings. The van der Waals surface area contributed by atoms with E-state index in [0.29, 0.717) is 17.9 Å². The van der Waals surface area contributed by atoms with Gasteiger partial charge < -0.3 is 9.47 Å². The van der Waals surface area contributed by atoms with Crippen molar-refractivity contribution in [1.29, 1.82) is 0 Å². The van der Waals surface area contributed by atoms with Crippen molar-refractivity contribution in [2.24, 2.45) is 0 Å². The van der Waals surface area contributed by atoms with E-state index in [2.05, 4.69) is 6.92 Å². The van der Waals surface area contributed by atoms with Gasteiger partial charge in [0.1, 0.15) is 11.7 Å². The normalized spacial score (nSPS) is 11.0. The van der Waals surface area contributed by atoms with E-state index in [1.54, 1.807) is 42.5 Å². The summed E-state index contributed by atoms with van der Waals surface area (Å²) in [4.78, 5) is 26.0. The number of ether oxygens (including phenoxy) is 2. The average molecular weight is 438 g/mol. The Morgan fingerprint density at radius 2 is 1.69 bits per heavy atom. The van der Waals surface area contributed by atoms with Gasteiger partial charge in [0.2, 0.25) is 0 Å². The van der Waals surface area contributed by atoms with Gasteiger partial charge in [0.05, 0.1) is 24.3 Å². The van der Waals surface area contributed by atoms with Crippen LogP contribution in [0.3, 0.4) is 0 Å². The highest BCUT2D eigenvalue weighted by molar-refractivity contribution is 7.00. The van der Waals surface area contributed by atoms with Crippen LogP contribution < -0.4 is 4.74 Å². The van der Waals surface area contributed by atoms with Crippen molar-refractivity contribution < 1.29 is 23.6 Å². The lowest BCUT2D eigenvalue weighted by atomic mass is 9.90. The molecule has 5 nitrogen and oxygen atoms in total. The second-order valence-corrected chi connectivity index (χ2v) is 6.66. The lowest BCUT2D eigenvalue weighted by Gasteiger charge is -2.18. The molecule has 0 heterocycles. The molecule has 0 spiro atoms. The van der Waals surface area contributed by atoms with Crippen molar-refractivity contribution in [2.75, 3.05) is 13.7 Å². The summed E-state index contributed by atoms with van der Waals surface area (Å²) in [5, 5.41) is 0.246. The molecule has 2 atom stereocenters. The molecule has 0 aliphatic heterocycles. The van der Waals surface area contributed by atoms with Crippen LogP contribution in [0.25, 0.3) is 0 Å². The van der Waals surface area contributed by atoms with E-state index >= 15 is 0 Å². The van der Waals surface area contributed by atoms with Gasteiger partial charge in [0.15, 0.2) is 5.78 Å². The first-order valence-corrected chi connectivity index (χ1v) is 10.3. The van der Waals surface area contributed by atoms with Crippen molar-refractivity contribution in [1.82, 2.24) is 0 Å². The van der Waals surface area contributed by atoms with Crippen molar-refractivity contribution in [3.63, 3.8) is 0 Å². The van der Waals surface area contributed by atoms with Gasteiger partial charge in [-0.1, -0.05) is 78.8 Å². The standard InChI is InChI=1S/C22H25ClO4.H2OP/c1-3-4-5-9-15-27-22(25)19(16-11-7-6-8-12-16)21(24)20-17(23)13-10-14-18(20)26-2;1-2/h6-8,10-14,19H,3-5,9,15H2,1-2H3;2H2/q;+1. The van der Waals surface area contributed by atoms with Crippen LogP contribution in [0.5, 0.6) is 5.75 Å². The fraction of sp³-hybridized carbons (Fsp3) is 0.364. The Kier molecular flexibility index (Phi) is 11.9. The summed E-state index contributed by atoms with van der Waals surface area (Å²) in [7, 11) is 2.63. The molecule has 156 valence electrons. The molecule has 2 rings (SSSR count). The topological polar surface area (TPSA) is 69.7 Å². The Morgan fingerprint density at radius 3 is 2.31 bits per heavy atom. The minimum absolute atomic E-state index is 0.193. The maximum atomic E-state index is 13.3. The first-order valence-electron chi connectivity index (χ1n) is 9.42. The number of hydrogen-bond acceptors (Lipinski definition) is 5. The Morgan fingerprint density at radius 1 is 1.00 bits per heavy atom. The fourth-order valence-electron chi connectivity index (χ4n) is 2.88. The van der Waals surface area contributed by atoms with E-state index in [1.165, 1.54) is 16.2 Å². The van der Waals surface area contributed by atoms with Crippen LogP contribution in [-0.4, -0.2) is 25.5 Å². The maximum Gasteiger partial charge on any atom is 0.321 e. The van der Waals surface area contributed by atoms with E-state index in [0.717, 1.165) is 25.7 Å². The molecule has 0 aliphatic rings. The zero-order valence-electron chi connectivity index (χ0n) is 16.7. The second-order valence-electron chi connectivity index (χ2n) is 6.25. The number of methoxy groups -OCH3 is 1. The number of benzene rings is 2. The molecule has 0 aromatic heterocycles. The highest BCUT2D eigenvalue weighted by Crippen LogP contribution is 2.32. The van der Waals surface area contributed by atoms with Gasteiger partial charge in [-0.05, 0) is 24.1 Å². The van der Waals surface area contributed by atoms with E-state index in [4.69, 9.17) is 25.6 Å². The number of rotatable bonds is 10. The number of hydrogen-bond donors (Lipinski definition) is 0. The summed E-state index contributed by atoms with van der Waals surface area (Å²) in [6, 6.07) is 13.8. The van der Waals surface area contributed by atoms with E-state index in [1.807, 2.05) is 6.07 Å². The van der Waals surface area contributed by atoms with Gasteiger partial charge in [0, 0.05) is 0 Å². The molecule has 0 aliphatic carbocycles. The molecule has 0 N–H and O–H groups in total. The minimum atomic E-state index is -1.08. The predicted molar refractivity (Wildman–Crippen MR) is 117 cm³/mol. The summed E-state index contributed by atoms with van der Waals surface area (Å²) < 4.78 is 18.9. The molecular weight excluding hydrogens is 411 g/mol. The summed E-state index contributed by atoms with van der Waals surface area (Å²) in [6.45, 7) is 2.42. The monoisotopic (exact) mass is 437 g/mol. The van der Waals surface area contributed by atoms with Gasteiger partial charge in [-0.25, -0.2) is 0 Å². The molecule has 29 heavy (non-hydrogen) atoms. The number of halogens is 1. The van der Waals surface area contributed by atoms with Crippen LogP contribution in [0, 0.1) is 0 Å². The highest BCUT2D eigenvalue weighted by atomic mass is 35.5. The predicted octanol–water partition coefficient (Wildman–Crippen LogP) is 5.65. The number of esters is 1. The molecule has 0 radical (unpaired) electrons. The van der Waals surface area contributed by atoms with Gasteiger partial charge in [-0.2, -0.15) is 0 Å². The zero-order valence-corrected chi connectivity index (χ0v) is 18.6. The molecule has 2 aromatic rings. The largest absolute Gasteiger partial charge is 0.496 e. The quantitative estimate of drug-likeness (QED) is 0.158. The second kappa shape index (κ2) is 13.9. The lowest BCUT2D eigenvalue weighted by molar-refractivity contribution is -0.144. The Hall–Kier alpha value is -2.23. The summed E-state index contributed by atoms with van der Waals surface area (Å²) in [5.41, 5.74) is 0.765. The molecule has 2 unspecified atom stereocenters.